The second-order valence-corrected chi connectivity index (χ2v) is 4.08. The Bertz CT molecular complexity index is 217. The van der Waals surface area contributed by atoms with Gasteiger partial charge in [-0.3, -0.25) is 9.59 Å². The van der Waals surface area contributed by atoms with Crippen LogP contribution in [0.1, 0.15) is 34.6 Å². The van der Waals surface area contributed by atoms with Crippen molar-refractivity contribution >= 4 is 11.9 Å². The van der Waals surface area contributed by atoms with Gasteiger partial charge >= 0.3 is 11.9 Å². The molecule has 0 radical (unpaired) electrons. The van der Waals surface area contributed by atoms with Crippen LogP contribution in [-0.2, 0) is 19.1 Å². The van der Waals surface area contributed by atoms with Crippen LogP contribution < -0.4 is 0 Å². The van der Waals surface area contributed by atoms with Crippen LogP contribution in [0.2, 0.25) is 0 Å². The Balaban J connectivity index is 4.75. The topological polar surface area (TPSA) is 52.6 Å². The molecule has 0 spiro atoms. The Morgan fingerprint density at radius 2 is 1.31 bits per heavy atom. The molecule has 1 atom stereocenters. The van der Waals surface area contributed by atoms with Gasteiger partial charge in [0.15, 0.2) is 5.92 Å². The van der Waals surface area contributed by atoms with Crippen LogP contribution >= 0.6 is 0 Å². The number of carbonyl (C=O) groups excluding carboxylic acids is 2. The van der Waals surface area contributed by atoms with Gasteiger partial charge in [0, 0.05) is 0 Å². The van der Waals surface area contributed by atoms with Crippen LogP contribution in [0.25, 0.3) is 0 Å². The van der Waals surface area contributed by atoms with Gasteiger partial charge in [0.25, 0.3) is 0 Å². The Morgan fingerprint density at radius 3 is 1.56 bits per heavy atom. The first-order chi connectivity index (χ1) is 7.45. The van der Waals surface area contributed by atoms with E-state index in [1.165, 1.54) is 0 Å². The SMILES string of the molecule is CCOC(=O)C(C(=O)OCC)[C@@H](C)C(C)C. The van der Waals surface area contributed by atoms with Crippen molar-refractivity contribution in [2.24, 2.45) is 17.8 Å². The van der Waals surface area contributed by atoms with Gasteiger partial charge in [0.05, 0.1) is 13.2 Å². The third-order valence-electron chi connectivity index (χ3n) is 2.66. The van der Waals surface area contributed by atoms with Gasteiger partial charge in [-0.2, -0.15) is 0 Å². The molecule has 0 aliphatic rings. The summed E-state index contributed by atoms with van der Waals surface area (Å²) in [6.07, 6.45) is 0. The highest BCUT2D eigenvalue weighted by atomic mass is 16.6. The number of rotatable bonds is 6. The molecular weight excluding hydrogens is 208 g/mol. The van der Waals surface area contributed by atoms with E-state index in [0.29, 0.717) is 0 Å². The smallest absolute Gasteiger partial charge is 0.320 e. The zero-order valence-electron chi connectivity index (χ0n) is 10.8. The third kappa shape index (κ3) is 4.21. The Hall–Kier alpha value is -1.06. The summed E-state index contributed by atoms with van der Waals surface area (Å²) in [6.45, 7) is 9.80. The van der Waals surface area contributed by atoms with E-state index in [-0.39, 0.29) is 25.0 Å². The van der Waals surface area contributed by atoms with Crippen LogP contribution in [0, 0.1) is 17.8 Å². The Labute approximate surface area is 97.3 Å². The number of hydrogen-bond acceptors (Lipinski definition) is 4. The second kappa shape index (κ2) is 7.25. The third-order valence-corrected chi connectivity index (χ3v) is 2.66. The number of carbonyl (C=O) groups is 2. The van der Waals surface area contributed by atoms with Gasteiger partial charge in [-0.1, -0.05) is 20.8 Å². The van der Waals surface area contributed by atoms with Gasteiger partial charge < -0.3 is 9.47 Å². The maximum absolute atomic E-state index is 11.7. The summed E-state index contributed by atoms with van der Waals surface area (Å²) in [5, 5.41) is 0. The summed E-state index contributed by atoms with van der Waals surface area (Å²) in [5.74, 6) is -1.64. The summed E-state index contributed by atoms with van der Waals surface area (Å²) in [4.78, 5) is 23.4. The minimum absolute atomic E-state index is 0.0851. The maximum Gasteiger partial charge on any atom is 0.320 e. The van der Waals surface area contributed by atoms with Crippen molar-refractivity contribution in [1.29, 1.82) is 0 Å². The fourth-order valence-electron chi connectivity index (χ4n) is 1.37. The van der Waals surface area contributed by atoms with Crippen molar-refractivity contribution in [1.82, 2.24) is 0 Å². The lowest BCUT2D eigenvalue weighted by Gasteiger charge is -2.23. The molecule has 0 aromatic heterocycles. The summed E-state index contributed by atoms with van der Waals surface area (Å²) < 4.78 is 9.81. The highest BCUT2D eigenvalue weighted by molar-refractivity contribution is 5.95. The molecule has 0 aromatic rings. The zero-order chi connectivity index (χ0) is 12.7. The normalized spacial score (nSPS) is 12.7. The molecule has 0 rings (SSSR count). The van der Waals surface area contributed by atoms with Crippen molar-refractivity contribution in [3.05, 3.63) is 0 Å². The first-order valence-electron chi connectivity index (χ1n) is 5.78. The lowest BCUT2D eigenvalue weighted by Crippen LogP contribution is -2.35. The van der Waals surface area contributed by atoms with Gasteiger partial charge in [0.2, 0.25) is 0 Å². The van der Waals surface area contributed by atoms with E-state index in [4.69, 9.17) is 9.47 Å². The van der Waals surface area contributed by atoms with Crippen molar-refractivity contribution in [3.8, 4) is 0 Å². The quantitative estimate of drug-likeness (QED) is 0.517. The molecule has 0 unspecified atom stereocenters. The molecule has 4 nitrogen and oxygen atoms in total. The van der Waals surface area contributed by atoms with Crippen molar-refractivity contribution in [2.75, 3.05) is 13.2 Å². The highest BCUT2D eigenvalue weighted by Crippen LogP contribution is 2.23. The summed E-state index contributed by atoms with van der Waals surface area (Å²) in [6, 6.07) is 0. The summed E-state index contributed by atoms with van der Waals surface area (Å²) in [7, 11) is 0. The summed E-state index contributed by atoms with van der Waals surface area (Å²) >= 11 is 0. The second-order valence-electron chi connectivity index (χ2n) is 4.08. The fourth-order valence-corrected chi connectivity index (χ4v) is 1.37. The zero-order valence-corrected chi connectivity index (χ0v) is 10.8. The van der Waals surface area contributed by atoms with Gasteiger partial charge in [-0.15, -0.1) is 0 Å². The molecule has 4 heteroatoms. The van der Waals surface area contributed by atoms with E-state index in [0.717, 1.165) is 0 Å². The number of ether oxygens (including phenoxy) is 2. The van der Waals surface area contributed by atoms with Crippen molar-refractivity contribution < 1.29 is 19.1 Å². The standard InChI is InChI=1S/C12H22O4/c1-6-15-11(13)10(9(5)8(3)4)12(14)16-7-2/h8-10H,6-7H2,1-5H3/t9-/m0/s1. The molecule has 0 N–H and O–H groups in total. The minimum Gasteiger partial charge on any atom is -0.465 e. The molecular formula is C12H22O4. The number of esters is 2. The average molecular weight is 230 g/mol. The molecule has 0 aliphatic heterocycles. The van der Waals surface area contributed by atoms with Crippen LogP contribution in [0.4, 0.5) is 0 Å². The first-order valence-corrected chi connectivity index (χ1v) is 5.78. The van der Waals surface area contributed by atoms with E-state index in [1.54, 1.807) is 13.8 Å². The summed E-state index contributed by atoms with van der Waals surface area (Å²) in [5.41, 5.74) is 0. The predicted octanol–water partition coefficient (Wildman–Crippen LogP) is 2.02. The maximum atomic E-state index is 11.7. The minimum atomic E-state index is -0.806. The Morgan fingerprint density at radius 1 is 0.938 bits per heavy atom. The van der Waals surface area contributed by atoms with E-state index < -0.39 is 17.9 Å². The molecule has 0 bridgehead atoms. The van der Waals surface area contributed by atoms with Crippen LogP contribution in [0.5, 0.6) is 0 Å². The van der Waals surface area contributed by atoms with E-state index in [9.17, 15) is 9.59 Å². The molecule has 0 heterocycles. The molecule has 0 aromatic carbocycles. The average Bonchev–Trinajstić information content (AvgIpc) is 2.18. The molecule has 94 valence electrons. The van der Waals surface area contributed by atoms with Crippen LogP contribution in [-0.4, -0.2) is 25.2 Å². The molecule has 0 amide bonds. The van der Waals surface area contributed by atoms with Gasteiger partial charge in [-0.25, -0.2) is 0 Å². The van der Waals surface area contributed by atoms with E-state index in [2.05, 4.69) is 0 Å². The predicted molar refractivity (Wildman–Crippen MR) is 60.8 cm³/mol. The monoisotopic (exact) mass is 230 g/mol. The van der Waals surface area contributed by atoms with E-state index >= 15 is 0 Å². The van der Waals surface area contributed by atoms with Crippen molar-refractivity contribution in [3.63, 3.8) is 0 Å². The molecule has 0 saturated carbocycles. The lowest BCUT2D eigenvalue weighted by molar-refractivity contribution is -0.165. The highest BCUT2D eigenvalue weighted by Gasteiger charge is 2.36. The lowest BCUT2D eigenvalue weighted by atomic mass is 9.85. The van der Waals surface area contributed by atoms with Gasteiger partial charge in [-0.05, 0) is 25.7 Å². The van der Waals surface area contributed by atoms with Crippen LogP contribution in [0.3, 0.4) is 0 Å². The fraction of sp³-hybridized carbons (Fsp3) is 0.833. The largest absolute Gasteiger partial charge is 0.465 e. The molecule has 16 heavy (non-hydrogen) atoms. The van der Waals surface area contributed by atoms with Gasteiger partial charge in [0.1, 0.15) is 0 Å². The molecule has 0 fully saturated rings. The first kappa shape index (κ1) is 14.9. The Kier molecular flexibility index (Phi) is 6.77. The molecule has 0 aliphatic carbocycles. The molecule has 0 saturated heterocycles. The van der Waals surface area contributed by atoms with Crippen LogP contribution in [0.15, 0.2) is 0 Å². The van der Waals surface area contributed by atoms with Crippen molar-refractivity contribution in [2.45, 2.75) is 34.6 Å². The number of hydrogen-bond donors (Lipinski definition) is 0. The van der Waals surface area contributed by atoms with E-state index in [1.807, 2.05) is 20.8 Å².